The van der Waals surface area contributed by atoms with Crippen molar-refractivity contribution < 1.29 is 9.84 Å². The van der Waals surface area contributed by atoms with Gasteiger partial charge >= 0.3 is 0 Å². The maximum Gasteiger partial charge on any atom is 0.148 e. The highest BCUT2D eigenvalue weighted by molar-refractivity contribution is 6.37. The fourth-order valence-electron chi connectivity index (χ4n) is 2.96. The molecule has 2 atom stereocenters. The summed E-state index contributed by atoms with van der Waals surface area (Å²) in [5.74, 6) is 0.534. The molecule has 1 aromatic carbocycles. The standard InChI is InChI=1S/C18H16Cl2N6O2/c1-28-14-6-21-18(24-15-5-10(8-27)22-9-23-15)11-7-26(25-16(11)14)17-12(19)3-2-4-13(17)20/h2-7,9,14,18,27H,8H2,1H3,(H,22,23,24). The van der Waals surface area contributed by atoms with Crippen LogP contribution in [0.5, 0.6) is 0 Å². The second-order valence-corrected chi connectivity index (χ2v) is 6.85. The zero-order chi connectivity index (χ0) is 19.7. The van der Waals surface area contributed by atoms with Crippen LogP contribution in [0.15, 0.2) is 41.8 Å². The smallest absolute Gasteiger partial charge is 0.148 e. The lowest BCUT2D eigenvalue weighted by molar-refractivity contribution is 0.154. The Bertz CT molecular complexity index is 1020. The number of aromatic nitrogens is 4. The van der Waals surface area contributed by atoms with Gasteiger partial charge in [-0.25, -0.2) is 14.6 Å². The van der Waals surface area contributed by atoms with Gasteiger partial charge in [0.05, 0.1) is 22.3 Å². The van der Waals surface area contributed by atoms with Crippen LogP contribution in [0.25, 0.3) is 5.69 Å². The topological polar surface area (TPSA) is 97.5 Å². The quantitative estimate of drug-likeness (QED) is 0.659. The lowest BCUT2D eigenvalue weighted by Gasteiger charge is -2.22. The summed E-state index contributed by atoms with van der Waals surface area (Å²) in [7, 11) is 1.59. The summed E-state index contributed by atoms with van der Waals surface area (Å²) < 4.78 is 7.11. The average molecular weight is 419 g/mol. The van der Waals surface area contributed by atoms with E-state index < -0.39 is 12.3 Å². The van der Waals surface area contributed by atoms with E-state index >= 15 is 0 Å². The monoisotopic (exact) mass is 418 g/mol. The van der Waals surface area contributed by atoms with Gasteiger partial charge in [0, 0.05) is 31.2 Å². The highest BCUT2D eigenvalue weighted by atomic mass is 35.5. The third-order valence-corrected chi connectivity index (χ3v) is 4.91. The molecule has 0 bridgehead atoms. The minimum atomic E-state index is -0.446. The number of ether oxygens (including phenoxy) is 1. The number of aliphatic imine (C=N–C) groups is 1. The first-order chi connectivity index (χ1) is 13.6. The van der Waals surface area contributed by atoms with Crippen LogP contribution in [-0.2, 0) is 11.3 Å². The predicted molar refractivity (Wildman–Crippen MR) is 106 cm³/mol. The Labute approximate surface area is 170 Å². The summed E-state index contributed by atoms with van der Waals surface area (Å²) in [6.07, 6.45) is 4.04. The van der Waals surface area contributed by atoms with E-state index in [2.05, 4.69) is 25.4 Å². The van der Waals surface area contributed by atoms with Crippen LogP contribution in [0.2, 0.25) is 10.0 Å². The molecule has 144 valence electrons. The number of nitrogens with zero attached hydrogens (tertiary/aromatic N) is 5. The Kier molecular flexibility index (Phi) is 5.27. The second kappa shape index (κ2) is 7.84. The number of aliphatic hydroxyl groups excluding tert-OH is 1. The number of halogens is 2. The van der Waals surface area contributed by atoms with Crippen LogP contribution in [-0.4, -0.2) is 38.2 Å². The molecule has 0 radical (unpaired) electrons. The molecule has 0 aliphatic carbocycles. The average Bonchev–Trinajstić information content (AvgIpc) is 3.13. The highest BCUT2D eigenvalue weighted by Crippen LogP contribution is 2.35. The van der Waals surface area contributed by atoms with Gasteiger partial charge in [-0.3, -0.25) is 4.99 Å². The number of hydrogen-bond acceptors (Lipinski definition) is 7. The van der Waals surface area contributed by atoms with Crippen molar-refractivity contribution in [2.75, 3.05) is 12.4 Å². The minimum Gasteiger partial charge on any atom is -0.390 e. The Morgan fingerprint density at radius 2 is 2.04 bits per heavy atom. The zero-order valence-corrected chi connectivity index (χ0v) is 16.3. The number of rotatable bonds is 5. The van der Waals surface area contributed by atoms with E-state index in [4.69, 9.17) is 27.9 Å². The highest BCUT2D eigenvalue weighted by Gasteiger charge is 2.29. The van der Waals surface area contributed by atoms with Gasteiger partial charge in [-0.2, -0.15) is 5.10 Å². The number of hydrogen-bond donors (Lipinski definition) is 2. The van der Waals surface area contributed by atoms with E-state index in [1.54, 1.807) is 42.3 Å². The van der Waals surface area contributed by atoms with Gasteiger partial charge < -0.3 is 15.2 Å². The Morgan fingerprint density at radius 3 is 2.75 bits per heavy atom. The Hall–Kier alpha value is -2.52. The third-order valence-electron chi connectivity index (χ3n) is 4.30. The van der Waals surface area contributed by atoms with E-state index in [1.807, 2.05) is 6.20 Å². The number of anilines is 1. The first-order valence-corrected chi connectivity index (χ1v) is 9.14. The molecule has 3 heterocycles. The lowest BCUT2D eigenvalue weighted by atomic mass is 10.1. The summed E-state index contributed by atoms with van der Waals surface area (Å²) >= 11 is 12.7. The molecule has 8 nitrogen and oxygen atoms in total. The number of nitrogens with one attached hydrogen (secondary N) is 1. The molecule has 10 heteroatoms. The van der Waals surface area contributed by atoms with Crippen LogP contribution in [0, 0.1) is 0 Å². The van der Waals surface area contributed by atoms with Crippen LogP contribution in [0.1, 0.15) is 29.2 Å². The minimum absolute atomic E-state index is 0.176. The molecule has 0 amide bonds. The molecule has 1 aliphatic heterocycles. The lowest BCUT2D eigenvalue weighted by Crippen LogP contribution is -2.19. The second-order valence-electron chi connectivity index (χ2n) is 6.04. The molecule has 1 aliphatic rings. The molecule has 2 unspecified atom stereocenters. The maximum atomic E-state index is 9.27. The Morgan fingerprint density at radius 1 is 1.25 bits per heavy atom. The van der Waals surface area contributed by atoms with E-state index in [0.717, 1.165) is 5.56 Å². The summed E-state index contributed by atoms with van der Waals surface area (Å²) in [6.45, 7) is -0.176. The van der Waals surface area contributed by atoms with Crippen molar-refractivity contribution in [1.29, 1.82) is 0 Å². The van der Waals surface area contributed by atoms with Gasteiger partial charge in [-0.05, 0) is 12.1 Å². The van der Waals surface area contributed by atoms with Crippen LogP contribution in [0.4, 0.5) is 5.82 Å². The van der Waals surface area contributed by atoms with Gasteiger partial charge in [-0.1, -0.05) is 29.3 Å². The van der Waals surface area contributed by atoms with E-state index in [0.29, 0.717) is 32.9 Å². The molecule has 2 aromatic heterocycles. The number of methoxy groups -OCH3 is 1. The fraction of sp³-hybridized carbons (Fsp3) is 0.222. The molecule has 3 aromatic rings. The SMILES string of the molecule is COC1C=NC(Nc2cc(CO)ncn2)c2cn(-c3c(Cl)cccc3Cl)nc21. The molecular formula is C18H16Cl2N6O2. The van der Waals surface area contributed by atoms with Crippen molar-refractivity contribution in [3.63, 3.8) is 0 Å². The van der Waals surface area contributed by atoms with Crippen molar-refractivity contribution in [3.8, 4) is 5.69 Å². The van der Waals surface area contributed by atoms with Crippen LogP contribution in [0.3, 0.4) is 0 Å². The Balaban J connectivity index is 1.74. The number of fused-ring (bicyclic) bond motifs is 1. The third kappa shape index (κ3) is 3.47. The molecule has 4 rings (SSSR count). The number of aliphatic hydroxyl groups is 1. The number of benzene rings is 1. The van der Waals surface area contributed by atoms with Crippen molar-refractivity contribution in [2.45, 2.75) is 18.9 Å². The summed E-state index contributed by atoms with van der Waals surface area (Å²) in [4.78, 5) is 12.7. The summed E-state index contributed by atoms with van der Waals surface area (Å²) in [5, 5.41) is 18.1. The molecule has 2 N–H and O–H groups in total. The number of para-hydroxylation sites is 1. The molecule has 0 spiro atoms. The van der Waals surface area contributed by atoms with Gasteiger partial charge in [0.1, 0.15) is 35.8 Å². The molecule has 0 saturated carbocycles. The van der Waals surface area contributed by atoms with Crippen molar-refractivity contribution in [2.24, 2.45) is 4.99 Å². The molecule has 28 heavy (non-hydrogen) atoms. The van der Waals surface area contributed by atoms with Crippen LogP contribution < -0.4 is 5.32 Å². The van der Waals surface area contributed by atoms with E-state index in [-0.39, 0.29) is 6.61 Å². The van der Waals surface area contributed by atoms with Gasteiger partial charge in [0.25, 0.3) is 0 Å². The maximum absolute atomic E-state index is 9.27. The van der Waals surface area contributed by atoms with E-state index in [1.165, 1.54) is 6.33 Å². The van der Waals surface area contributed by atoms with Crippen LogP contribution >= 0.6 is 23.2 Å². The van der Waals surface area contributed by atoms with Crippen molar-refractivity contribution in [3.05, 3.63) is 63.8 Å². The van der Waals surface area contributed by atoms with Gasteiger partial charge in [0.15, 0.2) is 0 Å². The molecular weight excluding hydrogens is 403 g/mol. The molecule has 0 saturated heterocycles. The summed E-state index contributed by atoms with van der Waals surface area (Å²) in [5.41, 5.74) is 2.58. The normalized spacial score (nSPS) is 18.1. The van der Waals surface area contributed by atoms with Crippen molar-refractivity contribution >= 4 is 35.2 Å². The predicted octanol–water partition coefficient (Wildman–Crippen LogP) is 3.34. The van der Waals surface area contributed by atoms with Crippen molar-refractivity contribution in [1.82, 2.24) is 19.7 Å². The van der Waals surface area contributed by atoms with Gasteiger partial charge in [0.2, 0.25) is 0 Å². The summed E-state index contributed by atoms with van der Waals surface area (Å²) in [6, 6.07) is 6.94. The zero-order valence-electron chi connectivity index (χ0n) is 14.8. The largest absolute Gasteiger partial charge is 0.390 e. The van der Waals surface area contributed by atoms with Gasteiger partial charge in [-0.15, -0.1) is 0 Å². The first-order valence-electron chi connectivity index (χ1n) is 8.39. The first kappa shape index (κ1) is 18.8. The fourth-order valence-corrected chi connectivity index (χ4v) is 3.53. The molecule has 0 fully saturated rings. The van der Waals surface area contributed by atoms with E-state index in [9.17, 15) is 5.11 Å².